The summed E-state index contributed by atoms with van der Waals surface area (Å²) in [6.45, 7) is 3.35. The Morgan fingerprint density at radius 3 is 2.73 bits per heavy atom. The average molecular weight is 391 g/mol. The topological polar surface area (TPSA) is 96.3 Å². The van der Waals surface area contributed by atoms with Gasteiger partial charge in [-0.1, -0.05) is 35.9 Å². The minimum absolute atomic E-state index is 0.0204. The van der Waals surface area contributed by atoms with Crippen LogP contribution in [0, 0.1) is 11.3 Å². The smallest absolute Gasteiger partial charge is 0.338 e. The second kappa shape index (κ2) is 8.63. The van der Waals surface area contributed by atoms with Gasteiger partial charge < -0.3 is 4.74 Å². The highest BCUT2D eigenvalue weighted by molar-refractivity contribution is 7.89. The molecule has 2 aromatic rings. The third kappa shape index (κ3) is 4.70. The van der Waals surface area contributed by atoms with Crippen LogP contribution in [0.5, 0.6) is 0 Å². The lowest BCUT2D eigenvalue weighted by molar-refractivity contribution is 0.0472. The van der Waals surface area contributed by atoms with Gasteiger partial charge in [-0.3, -0.25) is 0 Å². The third-order valence-corrected chi connectivity index (χ3v) is 5.28. The van der Waals surface area contributed by atoms with Gasteiger partial charge in [-0.15, -0.1) is 6.58 Å². The lowest BCUT2D eigenvalue weighted by Crippen LogP contribution is -2.24. The second-order valence-electron chi connectivity index (χ2n) is 5.13. The number of nitrogens with zero attached hydrogens (tertiary/aromatic N) is 1. The van der Waals surface area contributed by atoms with Crippen molar-refractivity contribution in [1.29, 1.82) is 5.26 Å². The SMILES string of the molecule is C=CCNS(=O)(=O)c1cc(C(=O)OCc2ccccc2C#N)ccc1Cl. The van der Waals surface area contributed by atoms with Crippen LogP contribution in [-0.4, -0.2) is 20.9 Å². The number of benzene rings is 2. The number of hydrogen-bond acceptors (Lipinski definition) is 5. The average Bonchev–Trinajstić information content (AvgIpc) is 2.64. The molecule has 0 aromatic heterocycles. The first-order valence-corrected chi connectivity index (χ1v) is 9.30. The maximum absolute atomic E-state index is 12.2. The molecule has 0 bridgehead atoms. The Labute approximate surface area is 156 Å². The van der Waals surface area contributed by atoms with Crippen LogP contribution >= 0.6 is 11.6 Å². The predicted molar refractivity (Wildman–Crippen MR) is 97.1 cm³/mol. The van der Waals surface area contributed by atoms with E-state index in [1.807, 2.05) is 6.07 Å². The first-order chi connectivity index (χ1) is 12.4. The van der Waals surface area contributed by atoms with Gasteiger partial charge >= 0.3 is 5.97 Å². The normalized spacial score (nSPS) is 10.8. The van der Waals surface area contributed by atoms with Gasteiger partial charge in [0.15, 0.2) is 0 Å². The molecular formula is C18H15ClN2O4S. The number of ether oxygens (including phenoxy) is 1. The number of nitriles is 1. The monoisotopic (exact) mass is 390 g/mol. The molecule has 26 heavy (non-hydrogen) atoms. The Hall–Kier alpha value is -2.66. The summed E-state index contributed by atoms with van der Waals surface area (Å²) in [5, 5.41) is 9.02. The first kappa shape index (κ1) is 19.7. The fraction of sp³-hybridized carbons (Fsp3) is 0.111. The van der Waals surface area contributed by atoms with Gasteiger partial charge in [0.2, 0.25) is 10.0 Å². The zero-order valence-corrected chi connectivity index (χ0v) is 15.2. The number of nitrogens with one attached hydrogen (secondary N) is 1. The van der Waals surface area contributed by atoms with E-state index in [1.54, 1.807) is 24.3 Å². The van der Waals surface area contributed by atoms with E-state index in [2.05, 4.69) is 11.3 Å². The van der Waals surface area contributed by atoms with Crippen molar-refractivity contribution < 1.29 is 17.9 Å². The van der Waals surface area contributed by atoms with Crippen molar-refractivity contribution in [3.63, 3.8) is 0 Å². The number of esters is 1. The minimum Gasteiger partial charge on any atom is -0.457 e. The van der Waals surface area contributed by atoms with Crippen LogP contribution in [0.25, 0.3) is 0 Å². The molecule has 0 saturated heterocycles. The van der Waals surface area contributed by atoms with Crippen LogP contribution in [0.2, 0.25) is 5.02 Å². The molecule has 0 aliphatic rings. The Morgan fingerprint density at radius 2 is 2.04 bits per heavy atom. The van der Waals surface area contributed by atoms with E-state index in [0.29, 0.717) is 11.1 Å². The maximum Gasteiger partial charge on any atom is 0.338 e. The van der Waals surface area contributed by atoms with Crippen molar-refractivity contribution in [3.8, 4) is 6.07 Å². The molecule has 0 fully saturated rings. The number of halogens is 1. The standard InChI is InChI=1S/C18H15ClN2O4S/c1-2-9-21-26(23,24)17-10-13(7-8-16(17)19)18(22)25-12-15-6-4-3-5-14(15)11-20/h2-8,10,21H,1,9,12H2. The lowest BCUT2D eigenvalue weighted by Gasteiger charge is -2.10. The van der Waals surface area contributed by atoms with E-state index in [-0.39, 0.29) is 28.6 Å². The molecule has 0 saturated carbocycles. The molecule has 0 amide bonds. The summed E-state index contributed by atoms with van der Waals surface area (Å²) in [6, 6.07) is 12.5. The largest absolute Gasteiger partial charge is 0.457 e. The number of hydrogen-bond donors (Lipinski definition) is 1. The van der Waals surface area contributed by atoms with E-state index in [9.17, 15) is 13.2 Å². The van der Waals surface area contributed by atoms with Crippen LogP contribution in [0.15, 0.2) is 60.0 Å². The molecule has 0 unspecified atom stereocenters. The van der Waals surface area contributed by atoms with Crippen LogP contribution in [0.1, 0.15) is 21.5 Å². The van der Waals surface area contributed by atoms with E-state index in [1.165, 1.54) is 18.2 Å². The van der Waals surface area contributed by atoms with Crippen molar-refractivity contribution in [1.82, 2.24) is 4.72 Å². The van der Waals surface area contributed by atoms with Crippen LogP contribution < -0.4 is 4.72 Å². The fourth-order valence-corrected chi connectivity index (χ4v) is 3.59. The Morgan fingerprint density at radius 1 is 1.31 bits per heavy atom. The van der Waals surface area contributed by atoms with E-state index >= 15 is 0 Å². The molecule has 0 aliphatic carbocycles. The Kier molecular flexibility index (Phi) is 6.52. The van der Waals surface area contributed by atoms with E-state index < -0.39 is 16.0 Å². The summed E-state index contributed by atoms with van der Waals surface area (Å²) in [7, 11) is -3.89. The van der Waals surface area contributed by atoms with Gasteiger partial charge in [0, 0.05) is 12.1 Å². The molecule has 1 N–H and O–H groups in total. The first-order valence-electron chi connectivity index (χ1n) is 7.44. The van der Waals surface area contributed by atoms with Crippen LogP contribution in [0.4, 0.5) is 0 Å². The summed E-state index contributed by atoms with van der Waals surface area (Å²) >= 11 is 5.94. The van der Waals surface area contributed by atoms with Gasteiger partial charge in [0.25, 0.3) is 0 Å². The van der Waals surface area contributed by atoms with Crippen molar-refractivity contribution >= 4 is 27.6 Å². The third-order valence-electron chi connectivity index (χ3n) is 3.37. The molecule has 6 nitrogen and oxygen atoms in total. The van der Waals surface area contributed by atoms with Gasteiger partial charge in [-0.25, -0.2) is 17.9 Å². The van der Waals surface area contributed by atoms with Crippen LogP contribution in [-0.2, 0) is 21.4 Å². The summed E-state index contributed by atoms with van der Waals surface area (Å²) in [5.74, 6) is -0.727. The summed E-state index contributed by atoms with van der Waals surface area (Å²) in [4.78, 5) is 12.0. The number of rotatable bonds is 7. The molecule has 8 heteroatoms. The molecule has 2 rings (SSSR count). The van der Waals surface area contributed by atoms with E-state index in [0.717, 1.165) is 6.07 Å². The summed E-state index contributed by atoms with van der Waals surface area (Å²) in [6.07, 6.45) is 1.39. The van der Waals surface area contributed by atoms with E-state index in [4.69, 9.17) is 21.6 Å². The minimum atomic E-state index is -3.89. The van der Waals surface area contributed by atoms with Gasteiger partial charge in [0.05, 0.1) is 22.2 Å². The zero-order valence-electron chi connectivity index (χ0n) is 13.6. The van der Waals surface area contributed by atoms with Gasteiger partial charge in [0.1, 0.15) is 11.5 Å². The molecule has 0 atom stereocenters. The van der Waals surface area contributed by atoms with Crippen molar-refractivity contribution in [2.24, 2.45) is 0 Å². The van der Waals surface area contributed by atoms with Crippen molar-refractivity contribution in [3.05, 3.63) is 76.8 Å². The van der Waals surface area contributed by atoms with Crippen molar-refractivity contribution in [2.45, 2.75) is 11.5 Å². The lowest BCUT2D eigenvalue weighted by atomic mass is 10.1. The summed E-state index contributed by atoms with van der Waals surface area (Å²) in [5.41, 5.74) is 0.980. The molecule has 0 spiro atoms. The Balaban J connectivity index is 2.21. The Bertz CT molecular complexity index is 981. The number of carbonyl (C=O) groups excluding carboxylic acids is 1. The quantitative estimate of drug-likeness (QED) is 0.579. The molecule has 2 aromatic carbocycles. The van der Waals surface area contributed by atoms with Crippen molar-refractivity contribution in [2.75, 3.05) is 6.54 Å². The highest BCUT2D eigenvalue weighted by atomic mass is 35.5. The maximum atomic E-state index is 12.2. The number of carbonyl (C=O) groups is 1. The number of sulfonamides is 1. The summed E-state index contributed by atoms with van der Waals surface area (Å²) < 4.78 is 31.9. The molecule has 0 radical (unpaired) electrons. The highest BCUT2D eigenvalue weighted by Crippen LogP contribution is 2.23. The second-order valence-corrected chi connectivity index (χ2v) is 7.27. The predicted octanol–water partition coefficient (Wildman–Crippen LogP) is 3.03. The van der Waals surface area contributed by atoms with Gasteiger partial charge in [-0.05, 0) is 24.3 Å². The highest BCUT2D eigenvalue weighted by Gasteiger charge is 2.20. The zero-order chi connectivity index (χ0) is 19.2. The molecular weight excluding hydrogens is 376 g/mol. The molecule has 0 heterocycles. The van der Waals surface area contributed by atoms with Gasteiger partial charge in [-0.2, -0.15) is 5.26 Å². The van der Waals surface area contributed by atoms with Crippen LogP contribution in [0.3, 0.4) is 0 Å². The molecule has 134 valence electrons. The fourth-order valence-electron chi connectivity index (χ4n) is 2.06. The molecule has 0 aliphatic heterocycles.